The average molecular weight is 419 g/mol. The van der Waals surface area contributed by atoms with Gasteiger partial charge in [-0.05, 0) is 69.9 Å². The lowest BCUT2D eigenvalue weighted by Crippen LogP contribution is -2.29. The molecule has 1 atom stereocenters. The van der Waals surface area contributed by atoms with E-state index in [9.17, 15) is 4.79 Å². The third-order valence-electron chi connectivity index (χ3n) is 4.26. The summed E-state index contributed by atoms with van der Waals surface area (Å²) in [5, 5.41) is 0. The lowest BCUT2D eigenvalue weighted by molar-refractivity contribution is -0.164. The van der Waals surface area contributed by atoms with Crippen molar-refractivity contribution in [2.45, 2.75) is 53.2 Å². The number of rotatable bonds is 4. The molecule has 0 aliphatic heterocycles. The molecule has 0 aliphatic rings. The second-order valence-electron chi connectivity index (χ2n) is 7.59. The van der Waals surface area contributed by atoms with E-state index in [2.05, 4.69) is 53.2 Å². The summed E-state index contributed by atoms with van der Waals surface area (Å²) in [7, 11) is 1.40. The Morgan fingerprint density at radius 2 is 1.65 bits per heavy atom. The molecule has 26 heavy (non-hydrogen) atoms. The Morgan fingerprint density at radius 1 is 1.08 bits per heavy atom. The van der Waals surface area contributed by atoms with Gasteiger partial charge in [0.05, 0.1) is 12.7 Å². The summed E-state index contributed by atoms with van der Waals surface area (Å²) < 4.78 is 12.2. The van der Waals surface area contributed by atoms with E-state index >= 15 is 0 Å². The standard InChI is InChI=1S/C22H27BrO3/c1-13-8-10-16(11-9-13)18-14(2)12-17(23)15(3)19(18)20(21(24)25-7)26-22(4,5)6/h8-12,20H,1-7H3/t20-/m0/s1. The number of ether oxygens (including phenoxy) is 2. The Hall–Kier alpha value is -1.65. The molecule has 2 aromatic carbocycles. The van der Waals surface area contributed by atoms with E-state index in [0.29, 0.717) is 0 Å². The van der Waals surface area contributed by atoms with Crippen LogP contribution >= 0.6 is 15.9 Å². The predicted octanol–water partition coefficient (Wildman–Crippen LogP) is 6.07. The molecule has 0 N–H and O–H groups in total. The van der Waals surface area contributed by atoms with E-state index in [1.165, 1.54) is 12.7 Å². The first-order valence-electron chi connectivity index (χ1n) is 8.67. The van der Waals surface area contributed by atoms with E-state index in [1.807, 2.05) is 34.6 Å². The molecule has 2 aromatic rings. The predicted molar refractivity (Wildman–Crippen MR) is 109 cm³/mol. The van der Waals surface area contributed by atoms with Crippen molar-refractivity contribution in [3.05, 3.63) is 57.1 Å². The van der Waals surface area contributed by atoms with Crippen molar-refractivity contribution < 1.29 is 14.3 Å². The van der Waals surface area contributed by atoms with Gasteiger partial charge >= 0.3 is 5.97 Å². The normalized spacial score (nSPS) is 12.8. The lowest BCUT2D eigenvalue weighted by atomic mass is 9.88. The number of carbonyl (C=O) groups is 1. The van der Waals surface area contributed by atoms with Crippen LogP contribution in [0.3, 0.4) is 0 Å². The zero-order valence-corrected chi connectivity index (χ0v) is 18.2. The molecule has 3 nitrogen and oxygen atoms in total. The maximum Gasteiger partial charge on any atom is 0.339 e. The molecule has 0 unspecified atom stereocenters. The fraction of sp³-hybridized carbons (Fsp3) is 0.409. The van der Waals surface area contributed by atoms with Crippen molar-refractivity contribution in [2.75, 3.05) is 7.11 Å². The number of hydrogen-bond acceptors (Lipinski definition) is 3. The number of carbonyl (C=O) groups excluding carboxylic acids is 1. The Bertz CT molecular complexity index is 802. The summed E-state index contributed by atoms with van der Waals surface area (Å²) in [5.74, 6) is -0.395. The van der Waals surface area contributed by atoms with Gasteiger partial charge in [0.1, 0.15) is 0 Å². The highest BCUT2D eigenvalue weighted by molar-refractivity contribution is 9.10. The maximum atomic E-state index is 12.6. The molecular formula is C22H27BrO3. The number of aryl methyl sites for hydroxylation is 2. The van der Waals surface area contributed by atoms with Crippen LogP contribution in [0.25, 0.3) is 11.1 Å². The molecule has 0 aliphatic carbocycles. The molecule has 4 heteroatoms. The van der Waals surface area contributed by atoms with Gasteiger partial charge in [-0.15, -0.1) is 0 Å². The van der Waals surface area contributed by atoms with Gasteiger partial charge in [0.15, 0.2) is 6.10 Å². The summed E-state index contributed by atoms with van der Waals surface area (Å²) in [6.07, 6.45) is -0.799. The molecular weight excluding hydrogens is 392 g/mol. The molecule has 0 fully saturated rings. The van der Waals surface area contributed by atoms with Crippen LogP contribution in [0.2, 0.25) is 0 Å². The van der Waals surface area contributed by atoms with Crippen molar-refractivity contribution in [2.24, 2.45) is 0 Å². The monoisotopic (exact) mass is 418 g/mol. The quantitative estimate of drug-likeness (QED) is 0.565. The van der Waals surface area contributed by atoms with E-state index in [0.717, 1.165) is 32.3 Å². The highest BCUT2D eigenvalue weighted by Crippen LogP contribution is 2.40. The minimum Gasteiger partial charge on any atom is -0.467 e. The Kier molecular flexibility index (Phi) is 6.30. The third-order valence-corrected chi connectivity index (χ3v) is 5.08. The first-order valence-corrected chi connectivity index (χ1v) is 9.46. The van der Waals surface area contributed by atoms with Gasteiger partial charge in [-0.1, -0.05) is 45.8 Å². The van der Waals surface area contributed by atoms with Gasteiger partial charge in [-0.25, -0.2) is 4.79 Å². The van der Waals surface area contributed by atoms with Gasteiger partial charge < -0.3 is 9.47 Å². The van der Waals surface area contributed by atoms with Crippen LogP contribution in [0.4, 0.5) is 0 Å². The van der Waals surface area contributed by atoms with Crippen LogP contribution in [-0.4, -0.2) is 18.7 Å². The first-order chi connectivity index (χ1) is 12.0. The fourth-order valence-electron chi connectivity index (χ4n) is 3.02. The van der Waals surface area contributed by atoms with Gasteiger partial charge in [-0.2, -0.15) is 0 Å². The molecule has 0 bridgehead atoms. The minimum atomic E-state index is -0.799. The van der Waals surface area contributed by atoms with Crippen LogP contribution in [0.15, 0.2) is 34.8 Å². The topological polar surface area (TPSA) is 35.5 Å². The number of halogens is 1. The molecule has 0 spiro atoms. The molecule has 0 heterocycles. The maximum absolute atomic E-state index is 12.6. The van der Waals surface area contributed by atoms with Crippen molar-refractivity contribution in [1.29, 1.82) is 0 Å². The number of hydrogen-bond donors (Lipinski definition) is 0. The second-order valence-corrected chi connectivity index (χ2v) is 8.44. The smallest absolute Gasteiger partial charge is 0.339 e. The van der Waals surface area contributed by atoms with Crippen LogP contribution in [0.5, 0.6) is 0 Å². The van der Waals surface area contributed by atoms with Crippen LogP contribution in [-0.2, 0) is 14.3 Å². The van der Waals surface area contributed by atoms with Crippen LogP contribution in [0, 0.1) is 20.8 Å². The molecule has 0 radical (unpaired) electrons. The summed E-state index contributed by atoms with van der Waals surface area (Å²) in [5.41, 5.74) is 5.68. The minimum absolute atomic E-state index is 0.395. The summed E-state index contributed by atoms with van der Waals surface area (Å²) in [6.45, 7) is 11.9. The zero-order chi connectivity index (χ0) is 19.6. The summed E-state index contributed by atoms with van der Waals surface area (Å²) in [4.78, 5) is 12.6. The molecule has 0 amide bonds. The third kappa shape index (κ3) is 4.54. The molecule has 0 saturated heterocycles. The average Bonchev–Trinajstić information content (AvgIpc) is 2.55. The van der Waals surface area contributed by atoms with E-state index in [4.69, 9.17) is 9.47 Å². The largest absolute Gasteiger partial charge is 0.467 e. The fourth-order valence-corrected chi connectivity index (χ4v) is 3.57. The van der Waals surface area contributed by atoms with Crippen LogP contribution < -0.4 is 0 Å². The van der Waals surface area contributed by atoms with E-state index < -0.39 is 17.7 Å². The Morgan fingerprint density at radius 3 is 2.15 bits per heavy atom. The number of benzene rings is 2. The highest BCUT2D eigenvalue weighted by Gasteiger charge is 2.32. The Labute approximate surface area is 164 Å². The summed E-state index contributed by atoms with van der Waals surface area (Å²) in [6, 6.07) is 10.4. The molecule has 0 saturated carbocycles. The van der Waals surface area contributed by atoms with Crippen molar-refractivity contribution in [3.63, 3.8) is 0 Å². The van der Waals surface area contributed by atoms with Crippen LogP contribution in [0.1, 0.15) is 49.1 Å². The number of methoxy groups -OCH3 is 1. The molecule has 0 aromatic heterocycles. The first kappa shape index (κ1) is 20.7. The van der Waals surface area contributed by atoms with Gasteiger partial charge in [0, 0.05) is 10.0 Å². The second kappa shape index (κ2) is 7.93. The van der Waals surface area contributed by atoms with E-state index in [-0.39, 0.29) is 0 Å². The highest BCUT2D eigenvalue weighted by atomic mass is 79.9. The lowest BCUT2D eigenvalue weighted by Gasteiger charge is -2.29. The van der Waals surface area contributed by atoms with Gasteiger partial charge in [0.25, 0.3) is 0 Å². The van der Waals surface area contributed by atoms with Crippen molar-refractivity contribution >= 4 is 21.9 Å². The van der Waals surface area contributed by atoms with Gasteiger partial charge in [-0.3, -0.25) is 0 Å². The molecule has 140 valence electrons. The Balaban J connectivity index is 2.78. The molecule has 2 rings (SSSR count). The number of esters is 1. The zero-order valence-electron chi connectivity index (χ0n) is 16.6. The van der Waals surface area contributed by atoms with Crippen molar-refractivity contribution in [1.82, 2.24) is 0 Å². The van der Waals surface area contributed by atoms with E-state index in [1.54, 1.807) is 0 Å². The SMILES string of the molecule is COC(=O)[C@@H](OC(C)(C)C)c1c(C)c(Br)cc(C)c1-c1ccc(C)cc1. The van der Waals surface area contributed by atoms with Crippen molar-refractivity contribution in [3.8, 4) is 11.1 Å². The summed E-state index contributed by atoms with van der Waals surface area (Å²) >= 11 is 3.63. The van der Waals surface area contributed by atoms with Gasteiger partial charge in [0.2, 0.25) is 0 Å².